The van der Waals surface area contributed by atoms with Crippen LogP contribution >= 0.6 is 50.7 Å². The maximum absolute atomic E-state index is 9.30. The van der Waals surface area contributed by atoms with E-state index < -0.39 is 9.90 Å². The normalized spacial score (nSPS) is 16.6. The third kappa shape index (κ3) is 6.47. The third-order valence-electron chi connectivity index (χ3n) is 1.06. The average molecular weight is 284 g/mol. The van der Waals surface area contributed by atoms with Gasteiger partial charge in [0, 0.05) is 4.32 Å². The van der Waals surface area contributed by atoms with E-state index >= 15 is 0 Å². The fourth-order valence-corrected chi connectivity index (χ4v) is 1.11. The van der Waals surface area contributed by atoms with Crippen LogP contribution in [0.4, 0.5) is 0 Å². The van der Waals surface area contributed by atoms with Gasteiger partial charge in [-0.1, -0.05) is 50.7 Å². The molecule has 5 heteroatoms. The van der Waals surface area contributed by atoms with Crippen LogP contribution < -0.4 is 0 Å². The van der Waals surface area contributed by atoms with Gasteiger partial charge in [0.05, 0.1) is 0 Å². The summed E-state index contributed by atoms with van der Waals surface area (Å²) in [4.78, 5) is 0. The van der Waals surface area contributed by atoms with Gasteiger partial charge < -0.3 is 5.11 Å². The molecule has 1 unspecified atom stereocenters. The molecule has 11 heavy (non-hydrogen) atoms. The lowest BCUT2D eigenvalue weighted by Gasteiger charge is -2.25. The molecule has 1 atom stereocenters. The van der Waals surface area contributed by atoms with Gasteiger partial charge in [-0.05, 0) is 20.3 Å². The van der Waals surface area contributed by atoms with E-state index in [0.29, 0.717) is 6.42 Å². The lowest BCUT2D eigenvalue weighted by atomic mass is 10.1. The molecule has 1 N–H and O–H groups in total. The van der Waals surface area contributed by atoms with Crippen LogP contribution in [0.5, 0.6) is 0 Å². The second kappa shape index (κ2) is 4.01. The number of hydrogen-bond donors (Lipinski definition) is 1. The van der Waals surface area contributed by atoms with Crippen molar-refractivity contribution in [3.8, 4) is 0 Å². The highest BCUT2D eigenvalue weighted by molar-refractivity contribution is 9.10. The van der Waals surface area contributed by atoms with Crippen LogP contribution in [0, 0.1) is 0 Å². The predicted molar refractivity (Wildman–Crippen MR) is 53.9 cm³/mol. The summed E-state index contributed by atoms with van der Waals surface area (Å²) in [5, 5.41) is 9.30. The zero-order valence-corrected chi connectivity index (χ0v) is 10.1. The maximum Gasteiger partial charge on any atom is 0.216 e. The number of aliphatic hydroxyl groups is 1. The number of halogens is 4. The summed E-state index contributed by atoms with van der Waals surface area (Å²) in [6, 6.07) is 0. The first kappa shape index (κ1) is 12.3. The Morgan fingerprint density at radius 2 is 1.73 bits per heavy atom. The maximum atomic E-state index is 9.30. The first-order valence-corrected chi connectivity index (χ1v) is 4.99. The summed E-state index contributed by atoms with van der Waals surface area (Å²) in [6.07, 6.45) is -0.550. The Labute approximate surface area is 90.1 Å². The molecule has 68 valence electrons. The van der Waals surface area contributed by atoms with Gasteiger partial charge in [-0.15, -0.1) is 0 Å². The van der Waals surface area contributed by atoms with E-state index in [1.165, 1.54) is 0 Å². The van der Waals surface area contributed by atoms with E-state index in [4.69, 9.17) is 34.8 Å². The third-order valence-corrected chi connectivity index (χ3v) is 2.14. The van der Waals surface area contributed by atoms with Crippen molar-refractivity contribution >= 4 is 50.7 Å². The molecule has 0 saturated carbocycles. The van der Waals surface area contributed by atoms with E-state index in [2.05, 4.69) is 15.9 Å². The molecule has 0 aromatic carbocycles. The van der Waals surface area contributed by atoms with E-state index in [1.807, 2.05) is 13.8 Å². The van der Waals surface area contributed by atoms with Crippen LogP contribution in [0.25, 0.3) is 0 Å². The Kier molecular flexibility index (Phi) is 4.49. The monoisotopic (exact) mass is 282 g/mol. The second-order valence-corrected chi connectivity index (χ2v) is 7.50. The standard InChI is InChI=1S/C6H10BrCl3O/c1-5(2,7)3-4(11)6(8,9)10/h4,11H,3H2,1-2H3. The molecular weight excluding hydrogens is 274 g/mol. The minimum absolute atomic E-state index is 0.212. The Morgan fingerprint density at radius 3 is 1.82 bits per heavy atom. The van der Waals surface area contributed by atoms with Crippen molar-refractivity contribution in [1.29, 1.82) is 0 Å². The van der Waals surface area contributed by atoms with Crippen molar-refractivity contribution in [3.63, 3.8) is 0 Å². The topological polar surface area (TPSA) is 20.2 Å². The molecule has 0 bridgehead atoms. The van der Waals surface area contributed by atoms with Gasteiger partial charge in [-0.2, -0.15) is 0 Å². The molecule has 1 nitrogen and oxygen atoms in total. The summed E-state index contributed by atoms with van der Waals surface area (Å²) in [5.74, 6) is 0. The van der Waals surface area contributed by atoms with Crippen molar-refractivity contribution in [2.45, 2.75) is 34.5 Å². The molecule has 0 fully saturated rings. The van der Waals surface area contributed by atoms with Crippen LogP contribution in [-0.2, 0) is 0 Å². The summed E-state index contributed by atoms with van der Waals surface area (Å²) in [5.41, 5.74) is 0. The van der Waals surface area contributed by atoms with Gasteiger partial charge in [-0.25, -0.2) is 0 Å². The number of aliphatic hydroxyl groups excluding tert-OH is 1. The molecule has 0 aromatic heterocycles. The highest BCUT2D eigenvalue weighted by Crippen LogP contribution is 2.36. The highest BCUT2D eigenvalue weighted by Gasteiger charge is 2.34. The number of hydrogen-bond acceptors (Lipinski definition) is 1. The summed E-state index contributed by atoms with van der Waals surface area (Å²) in [7, 11) is 0. The Hall–Kier alpha value is 1.31. The van der Waals surface area contributed by atoms with Crippen LogP contribution in [0.2, 0.25) is 0 Å². The highest BCUT2D eigenvalue weighted by atomic mass is 79.9. The fraction of sp³-hybridized carbons (Fsp3) is 1.00. The van der Waals surface area contributed by atoms with Crippen LogP contribution in [0.3, 0.4) is 0 Å². The second-order valence-electron chi connectivity index (χ2n) is 2.98. The Morgan fingerprint density at radius 1 is 1.36 bits per heavy atom. The van der Waals surface area contributed by atoms with Crippen molar-refractivity contribution in [2.75, 3.05) is 0 Å². The van der Waals surface area contributed by atoms with Crippen molar-refractivity contribution < 1.29 is 5.11 Å². The Bertz CT molecular complexity index is 127. The van der Waals surface area contributed by atoms with Crippen molar-refractivity contribution in [1.82, 2.24) is 0 Å². The quantitative estimate of drug-likeness (QED) is 0.772. The number of rotatable bonds is 2. The van der Waals surface area contributed by atoms with Gasteiger partial charge in [-0.3, -0.25) is 0 Å². The fourth-order valence-electron chi connectivity index (χ4n) is 0.576. The van der Waals surface area contributed by atoms with Crippen LogP contribution in [0.15, 0.2) is 0 Å². The molecule has 0 radical (unpaired) electrons. The lowest BCUT2D eigenvalue weighted by molar-refractivity contribution is 0.159. The first-order valence-electron chi connectivity index (χ1n) is 3.06. The average Bonchev–Trinajstić information content (AvgIpc) is 1.56. The molecule has 0 heterocycles. The first-order chi connectivity index (χ1) is 4.63. The van der Waals surface area contributed by atoms with E-state index in [9.17, 15) is 5.11 Å². The summed E-state index contributed by atoms with van der Waals surface area (Å²) in [6.45, 7) is 3.79. The van der Waals surface area contributed by atoms with Gasteiger partial charge in [0.25, 0.3) is 0 Å². The van der Waals surface area contributed by atoms with Crippen LogP contribution in [-0.4, -0.2) is 19.3 Å². The molecule has 0 spiro atoms. The van der Waals surface area contributed by atoms with E-state index in [-0.39, 0.29) is 4.32 Å². The van der Waals surface area contributed by atoms with Gasteiger partial charge in [0.15, 0.2) is 0 Å². The summed E-state index contributed by atoms with van der Waals surface area (Å²) < 4.78 is -1.80. The van der Waals surface area contributed by atoms with Gasteiger partial charge in [0.1, 0.15) is 6.10 Å². The molecule has 0 saturated heterocycles. The Balaban J connectivity index is 3.99. The molecule has 0 aromatic rings. The molecule has 0 aliphatic heterocycles. The minimum Gasteiger partial charge on any atom is -0.389 e. The number of alkyl halides is 4. The zero-order valence-electron chi connectivity index (χ0n) is 6.24. The lowest BCUT2D eigenvalue weighted by Crippen LogP contribution is -2.31. The van der Waals surface area contributed by atoms with E-state index in [0.717, 1.165) is 0 Å². The molecular formula is C6H10BrCl3O. The SMILES string of the molecule is CC(C)(Br)CC(O)C(Cl)(Cl)Cl. The zero-order chi connectivity index (χ0) is 9.28. The van der Waals surface area contributed by atoms with Crippen LogP contribution in [0.1, 0.15) is 20.3 Å². The smallest absolute Gasteiger partial charge is 0.216 e. The molecule has 0 amide bonds. The molecule has 0 aliphatic carbocycles. The summed E-state index contributed by atoms with van der Waals surface area (Å²) >= 11 is 19.7. The van der Waals surface area contributed by atoms with E-state index in [1.54, 1.807) is 0 Å². The van der Waals surface area contributed by atoms with Crippen molar-refractivity contribution in [3.05, 3.63) is 0 Å². The largest absolute Gasteiger partial charge is 0.389 e. The molecule has 0 rings (SSSR count). The van der Waals surface area contributed by atoms with Crippen molar-refractivity contribution in [2.24, 2.45) is 0 Å². The minimum atomic E-state index is -1.59. The van der Waals surface area contributed by atoms with Gasteiger partial charge >= 0.3 is 0 Å². The predicted octanol–water partition coefficient (Wildman–Crippen LogP) is 3.28. The molecule has 0 aliphatic rings. The van der Waals surface area contributed by atoms with Gasteiger partial charge in [0.2, 0.25) is 3.79 Å².